The summed E-state index contributed by atoms with van der Waals surface area (Å²) in [7, 11) is 3.22. The highest BCUT2D eigenvalue weighted by Gasteiger charge is 2.36. The van der Waals surface area contributed by atoms with Gasteiger partial charge >= 0.3 is 5.97 Å². The first-order valence-electron chi connectivity index (χ1n) is 7.64. The Labute approximate surface area is 155 Å². The number of halogens is 1. The van der Waals surface area contributed by atoms with Crippen molar-refractivity contribution in [3.63, 3.8) is 0 Å². The minimum atomic E-state index is -0.135. The Balaban J connectivity index is 0.00000264. The predicted molar refractivity (Wildman–Crippen MR) is 103 cm³/mol. The van der Waals surface area contributed by atoms with E-state index in [1.54, 1.807) is 7.05 Å². The van der Waals surface area contributed by atoms with Gasteiger partial charge < -0.3 is 15.0 Å². The standard InChI is InChI=1S/C17H25N3O2.HI/c1-12-7-5-6-8-14(12)9-19-17(18-3)20-10-13(2)15(11-20)16(21)22-4;/h5-8,13,15H,9-11H2,1-4H3,(H,18,19);1H. The van der Waals surface area contributed by atoms with Gasteiger partial charge in [-0.1, -0.05) is 31.2 Å². The number of nitrogens with one attached hydrogen (secondary N) is 1. The number of aryl methyl sites for hydroxylation is 1. The first-order chi connectivity index (χ1) is 10.6. The highest BCUT2D eigenvalue weighted by molar-refractivity contribution is 14.0. The van der Waals surface area contributed by atoms with E-state index in [0.717, 1.165) is 19.0 Å². The Morgan fingerprint density at radius 1 is 1.39 bits per heavy atom. The lowest BCUT2D eigenvalue weighted by Gasteiger charge is -2.22. The maximum atomic E-state index is 11.8. The monoisotopic (exact) mass is 431 g/mol. The lowest BCUT2D eigenvalue weighted by atomic mass is 9.99. The fourth-order valence-corrected chi connectivity index (χ4v) is 2.91. The fourth-order valence-electron chi connectivity index (χ4n) is 2.91. The van der Waals surface area contributed by atoms with E-state index in [1.807, 2.05) is 12.1 Å². The van der Waals surface area contributed by atoms with Crippen LogP contribution in [0.2, 0.25) is 0 Å². The second kappa shape index (κ2) is 9.10. The molecule has 0 aliphatic carbocycles. The molecule has 1 aliphatic rings. The van der Waals surface area contributed by atoms with Gasteiger partial charge in [-0.05, 0) is 24.0 Å². The van der Waals surface area contributed by atoms with Crippen molar-refractivity contribution < 1.29 is 9.53 Å². The zero-order valence-electron chi connectivity index (χ0n) is 14.2. The van der Waals surface area contributed by atoms with Gasteiger partial charge in [0.15, 0.2) is 5.96 Å². The lowest BCUT2D eigenvalue weighted by Crippen LogP contribution is -2.40. The van der Waals surface area contributed by atoms with Crippen molar-refractivity contribution in [2.45, 2.75) is 20.4 Å². The number of rotatable bonds is 3. The van der Waals surface area contributed by atoms with Crippen LogP contribution in [-0.4, -0.2) is 44.1 Å². The molecule has 0 aromatic heterocycles. The number of esters is 1. The minimum Gasteiger partial charge on any atom is -0.469 e. The number of aliphatic imine (C=N–C) groups is 1. The summed E-state index contributed by atoms with van der Waals surface area (Å²) in [4.78, 5) is 18.3. The number of nitrogens with zero attached hydrogens (tertiary/aromatic N) is 2. The molecule has 0 amide bonds. The summed E-state index contributed by atoms with van der Waals surface area (Å²) in [6.07, 6.45) is 0. The molecule has 1 aromatic rings. The van der Waals surface area contributed by atoms with Gasteiger partial charge in [-0.3, -0.25) is 9.79 Å². The number of ether oxygens (including phenoxy) is 1. The highest BCUT2D eigenvalue weighted by Crippen LogP contribution is 2.24. The Kier molecular flexibility index (Phi) is 7.81. The molecule has 0 spiro atoms. The Bertz CT molecular complexity index is 563. The number of carbonyl (C=O) groups is 1. The van der Waals surface area contributed by atoms with Crippen LogP contribution in [0.1, 0.15) is 18.1 Å². The molecule has 0 saturated carbocycles. The van der Waals surface area contributed by atoms with Crippen LogP contribution in [0.25, 0.3) is 0 Å². The molecule has 2 atom stereocenters. The van der Waals surface area contributed by atoms with E-state index in [1.165, 1.54) is 18.2 Å². The molecule has 1 aromatic carbocycles. The van der Waals surface area contributed by atoms with Gasteiger partial charge in [0.25, 0.3) is 0 Å². The van der Waals surface area contributed by atoms with Gasteiger partial charge in [0.2, 0.25) is 0 Å². The average molecular weight is 431 g/mol. The smallest absolute Gasteiger partial charge is 0.310 e. The predicted octanol–water partition coefficient (Wildman–Crippen LogP) is 2.43. The van der Waals surface area contributed by atoms with Crippen LogP contribution in [0, 0.1) is 18.8 Å². The zero-order valence-corrected chi connectivity index (χ0v) is 16.5. The van der Waals surface area contributed by atoms with Crippen LogP contribution in [0.4, 0.5) is 0 Å². The highest BCUT2D eigenvalue weighted by atomic mass is 127. The van der Waals surface area contributed by atoms with E-state index in [4.69, 9.17) is 4.74 Å². The third kappa shape index (κ3) is 4.83. The summed E-state index contributed by atoms with van der Waals surface area (Å²) in [6.45, 7) is 6.38. The van der Waals surface area contributed by atoms with Crippen molar-refractivity contribution in [1.29, 1.82) is 0 Å². The number of hydrogen-bond donors (Lipinski definition) is 1. The van der Waals surface area contributed by atoms with E-state index < -0.39 is 0 Å². The number of likely N-dealkylation sites (tertiary alicyclic amines) is 1. The molecule has 0 bridgehead atoms. The summed E-state index contributed by atoms with van der Waals surface area (Å²) in [5.74, 6) is 0.886. The van der Waals surface area contributed by atoms with Gasteiger partial charge in [0.1, 0.15) is 0 Å². The van der Waals surface area contributed by atoms with Gasteiger partial charge in [0.05, 0.1) is 13.0 Å². The molecule has 23 heavy (non-hydrogen) atoms. The molecule has 128 valence electrons. The van der Waals surface area contributed by atoms with Crippen LogP contribution in [0.5, 0.6) is 0 Å². The van der Waals surface area contributed by atoms with Crippen LogP contribution < -0.4 is 5.32 Å². The van der Waals surface area contributed by atoms with Gasteiger partial charge in [0, 0.05) is 26.7 Å². The van der Waals surface area contributed by atoms with E-state index in [2.05, 4.69) is 41.2 Å². The third-order valence-corrected chi connectivity index (χ3v) is 4.33. The molecule has 6 heteroatoms. The van der Waals surface area contributed by atoms with E-state index in [-0.39, 0.29) is 41.8 Å². The van der Waals surface area contributed by atoms with Crippen molar-refractivity contribution in [1.82, 2.24) is 10.2 Å². The molecule has 1 N–H and O–H groups in total. The summed E-state index contributed by atoms with van der Waals surface area (Å²) in [5.41, 5.74) is 2.51. The maximum absolute atomic E-state index is 11.8. The van der Waals surface area contributed by atoms with Gasteiger partial charge in [-0.15, -0.1) is 24.0 Å². The second-order valence-corrected chi connectivity index (χ2v) is 5.84. The first-order valence-corrected chi connectivity index (χ1v) is 7.64. The number of guanidine groups is 1. The largest absolute Gasteiger partial charge is 0.469 e. The third-order valence-electron chi connectivity index (χ3n) is 4.33. The molecule has 1 aliphatic heterocycles. The zero-order chi connectivity index (χ0) is 16.1. The van der Waals surface area contributed by atoms with E-state index in [9.17, 15) is 4.79 Å². The molecule has 1 fully saturated rings. The van der Waals surface area contributed by atoms with E-state index in [0.29, 0.717) is 6.54 Å². The molecule has 1 heterocycles. The Morgan fingerprint density at radius 3 is 2.70 bits per heavy atom. The Hall–Kier alpha value is -1.31. The number of methoxy groups -OCH3 is 1. The molecule has 5 nitrogen and oxygen atoms in total. The van der Waals surface area contributed by atoms with Crippen LogP contribution in [-0.2, 0) is 16.1 Å². The average Bonchev–Trinajstić information content (AvgIpc) is 2.90. The van der Waals surface area contributed by atoms with Crippen LogP contribution in [0.3, 0.4) is 0 Å². The van der Waals surface area contributed by atoms with Crippen LogP contribution >= 0.6 is 24.0 Å². The molecule has 0 radical (unpaired) electrons. The van der Waals surface area contributed by atoms with Crippen molar-refractivity contribution in [2.24, 2.45) is 16.8 Å². The summed E-state index contributed by atoms with van der Waals surface area (Å²) >= 11 is 0. The molecular weight excluding hydrogens is 405 g/mol. The molecule has 2 rings (SSSR count). The summed E-state index contributed by atoms with van der Waals surface area (Å²) in [5, 5.41) is 3.39. The fraction of sp³-hybridized carbons (Fsp3) is 0.529. The Morgan fingerprint density at radius 2 is 2.09 bits per heavy atom. The van der Waals surface area contributed by atoms with Crippen LogP contribution in [0.15, 0.2) is 29.3 Å². The van der Waals surface area contributed by atoms with Crippen molar-refractivity contribution in [3.8, 4) is 0 Å². The van der Waals surface area contributed by atoms with Crippen molar-refractivity contribution in [2.75, 3.05) is 27.2 Å². The van der Waals surface area contributed by atoms with Gasteiger partial charge in [-0.2, -0.15) is 0 Å². The molecular formula is C17H26IN3O2. The molecule has 1 saturated heterocycles. The number of benzene rings is 1. The van der Waals surface area contributed by atoms with Crippen molar-refractivity contribution in [3.05, 3.63) is 35.4 Å². The summed E-state index contributed by atoms with van der Waals surface area (Å²) in [6, 6.07) is 8.29. The molecule has 2 unspecified atom stereocenters. The summed E-state index contributed by atoms with van der Waals surface area (Å²) < 4.78 is 4.89. The number of hydrogen-bond acceptors (Lipinski definition) is 3. The quantitative estimate of drug-likeness (QED) is 0.346. The number of carbonyl (C=O) groups excluding carboxylic acids is 1. The second-order valence-electron chi connectivity index (χ2n) is 5.84. The maximum Gasteiger partial charge on any atom is 0.310 e. The normalized spacial score (nSPS) is 20.9. The van der Waals surface area contributed by atoms with Crippen molar-refractivity contribution >= 4 is 35.9 Å². The lowest BCUT2D eigenvalue weighted by molar-refractivity contribution is -0.145. The van der Waals surface area contributed by atoms with E-state index >= 15 is 0 Å². The first kappa shape index (κ1) is 19.7. The minimum absolute atomic E-state index is 0. The van der Waals surface area contributed by atoms with Gasteiger partial charge in [-0.25, -0.2) is 0 Å². The SMILES string of the molecule is CN=C(NCc1ccccc1C)N1CC(C)C(C(=O)OC)C1.I. The topological polar surface area (TPSA) is 53.9 Å².